The van der Waals surface area contributed by atoms with Crippen LogP contribution in [0, 0.1) is 5.92 Å². The van der Waals surface area contributed by atoms with Crippen molar-refractivity contribution in [1.82, 2.24) is 0 Å². The van der Waals surface area contributed by atoms with Crippen molar-refractivity contribution < 1.29 is 9.90 Å². The molecule has 2 aromatic rings. The lowest BCUT2D eigenvalue weighted by Gasteiger charge is -2.38. The van der Waals surface area contributed by atoms with E-state index in [1.54, 1.807) is 12.1 Å². The molecule has 24 heavy (non-hydrogen) atoms. The van der Waals surface area contributed by atoms with Gasteiger partial charge in [-0.1, -0.05) is 51.8 Å². The van der Waals surface area contributed by atoms with Gasteiger partial charge in [-0.3, -0.25) is 0 Å². The van der Waals surface area contributed by atoms with Crippen LogP contribution in [0.5, 0.6) is 0 Å². The standard InChI is InChI=1S/C19H15BrClNO2/c20-11-6-4-10(5-7-11)17-13-3-1-2-12(13)16-14(19(23)24)8-9-15(21)18(16)22-17/h1-2,4-9,12-13,17,22H,3H2,(H,23,24). The molecule has 3 unspecified atom stereocenters. The summed E-state index contributed by atoms with van der Waals surface area (Å²) in [6.07, 6.45) is 5.19. The number of aromatic carboxylic acids is 1. The topological polar surface area (TPSA) is 49.3 Å². The van der Waals surface area contributed by atoms with Gasteiger partial charge in [-0.05, 0) is 47.7 Å². The zero-order valence-corrected chi connectivity index (χ0v) is 15.0. The highest BCUT2D eigenvalue weighted by Gasteiger charge is 2.40. The van der Waals surface area contributed by atoms with E-state index in [4.69, 9.17) is 11.6 Å². The third kappa shape index (κ3) is 2.45. The molecule has 1 heterocycles. The number of fused-ring (bicyclic) bond motifs is 3. The van der Waals surface area contributed by atoms with Crippen LogP contribution >= 0.6 is 27.5 Å². The summed E-state index contributed by atoms with van der Waals surface area (Å²) in [6.45, 7) is 0. The number of rotatable bonds is 2. The lowest BCUT2D eigenvalue weighted by molar-refractivity contribution is 0.0695. The van der Waals surface area contributed by atoms with E-state index in [2.05, 4.69) is 45.5 Å². The molecule has 0 bridgehead atoms. The second kappa shape index (κ2) is 5.94. The van der Waals surface area contributed by atoms with Crippen LogP contribution in [0.25, 0.3) is 0 Å². The van der Waals surface area contributed by atoms with Gasteiger partial charge in [-0.25, -0.2) is 4.79 Å². The zero-order chi connectivity index (χ0) is 16.8. The fourth-order valence-corrected chi connectivity index (χ4v) is 4.34. The molecule has 4 rings (SSSR count). The first-order valence-corrected chi connectivity index (χ1v) is 8.97. The van der Waals surface area contributed by atoms with Crippen molar-refractivity contribution in [3.8, 4) is 0 Å². The third-order valence-electron chi connectivity index (χ3n) is 4.93. The van der Waals surface area contributed by atoms with Gasteiger partial charge in [0, 0.05) is 10.4 Å². The Morgan fingerprint density at radius 1 is 1.21 bits per heavy atom. The number of benzene rings is 2. The number of hydrogen-bond acceptors (Lipinski definition) is 2. The molecule has 0 saturated heterocycles. The van der Waals surface area contributed by atoms with E-state index >= 15 is 0 Å². The quantitative estimate of drug-likeness (QED) is 0.638. The largest absolute Gasteiger partial charge is 0.478 e. The minimum absolute atomic E-state index is 0.0692. The molecule has 2 aliphatic rings. The van der Waals surface area contributed by atoms with Gasteiger partial charge in [0.25, 0.3) is 0 Å². The van der Waals surface area contributed by atoms with Crippen LogP contribution < -0.4 is 5.32 Å². The Labute approximate surface area is 153 Å². The SMILES string of the molecule is O=C(O)c1ccc(Cl)c2c1C1C=CCC1C(c1ccc(Br)cc1)N2. The molecule has 122 valence electrons. The van der Waals surface area contributed by atoms with E-state index in [1.165, 1.54) is 5.56 Å². The molecule has 1 aliphatic heterocycles. The van der Waals surface area contributed by atoms with Crippen LogP contribution in [0.3, 0.4) is 0 Å². The normalized spacial score (nSPS) is 24.2. The number of carboxylic acid groups (broad SMARTS) is 1. The molecule has 0 amide bonds. The van der Waals surface area contributed by atoms with Crippen LogP contribution in [-0.2, 0) is 0 Å². The van der Waals surface area contributed by atoms with Crippen molar-refractivity contribution in [2.75, 3.05) is 5.32 Å². The summed E-state index contributed by atoms with van der Waals surface area (Å²) < 4.78 is 1.04. The molecule has 3 nitrogen and oxygen atoms in total. The molecule has 5 heteroatoms. The Morgan fingerprint density at radius 3 is 2.67 bits per heavy atom. The Kier molecular flexibility index (Phi) is 3.89. The van der Waals surface area contributed by atoms with Gasteiger partial charge in [0.05, 0.1) is 22.3 Å². The van der Waals surface area contributed by atoms with E-state index in [-0.39, 0.29) is 17.9 Å². The first-order valence-electron chi connectivity index (χ1n) is 7.80. The molecular formula is C19H15BrClNO2. The van der Waals surface area contributed by atoms with Gasteiger partial charge in [0.2, 0.25) is 0 Å². The van der Waals surface area contributed by atoms with Crippen LogP contribution in [0.4, 0.5) is 5.69 Å². The Morgan fingerprint density at radius 2 is 1.96 bits per heavy atom. The summed E-state index contributed by atoms with van der Waals surface area (Å²) in [6, 6.07) is 11.6. The first kappa shape index (κ1) is 15.7. The van der Waals surface area contributed by atoms with Gasteiger partial charge in [0.1, 0.15) is 0 Å². The van der Waals surface area contributed by atoms with Crippen LogP contribution in [0.1, 0.15) is 39.9 Å². The Bertz CT molecular complexity index is 847. The van der Waals surface area contributed by atoms with Crippen LogP contribution in [0.2, 0.25) is 5.02 Å². The van der Waals surface area contributed by atoms with Crippen molar-refractivity contribution in [3.05, 3.63) is 74.7 Å². The van der Waals surface area contributed by atoms with Gasteiger partial charge in [-0.15, -0.1) is 0 Å². The molecule has 0 saturated carbocycles. The predicted molar refractivity (Wildman–Crippen MR) is 98.9 cm³/mol. The highest BCUT2D eigenvalue weighted by Crippen LogP contribution is 2.52. The molecule has 0 spiro atoms. The first-order chi connectivity index (χ1) is 11.6. The summed E-state index contributed by atoms with van der Waals surface area (Å²) in [5.41, 5.74) is 3.07. The number of carboxylic acids is 1. The summed E-state index contributed by atoms with van der Waals surface area (Å²) in [7, 11) is 0. The van der Waals surface area contributed by atoms with Gasteiger partial charge < -0.3 is 10.4 Å². The smallest absolute Gasteiger partial charge is 0.336 e. The lowest BCUT2D eigenvalue weighted by Crippen LogP contribution is -2.30. The fourth-order valence-electron chi connectivity index (χ4n) is 3.86. The van der Waals surface area contributed by atoms with E-state index in [0.29, 0.717) is 10.6 Å². The lowest BCUT2D eigenvalue weighted by atomic mass is 9.75. The predicted octanol–water partition coefficient (Wildman–Crippen LogP) is 5.63. The molecule has 2 N–H and O–H groups in total. The van der Waals surface area contributed by atoms with Crippen molar-refractivity contribution in [2.24, 2.45) is 5.92 Å². The summed E-state index contributed by atoms with van der Waals surface area (Å²) in [4.78, 5) is 11.7. The van der Waals surface area contributed by atoms with E-state index < -0.39 is 5.97 Å². The third-order valence-corrected chi connectivity index (χ3v) is 5.77. The summed E-state index contributed by atoms with van der Waals surface area (Å²) >= 11 is 9.87. The number of anilines is 1. The minimum atomic E-state index is -0.911. The van der Waals surface area contributed by atoms with Crippen molar-refractivity contribution in [2.45, 2.75) is 18.4 Å². The van der Waals surface area contributed by atoms with Gasteiger partial charge >= 0.3 is 5.97 Å². The fraction of sp³-hybridized carbons (Fsp3) is 0.211. The molecule has 1 aliphatic carbocycles. The summed E-state index contributed by atoms with van der Waals surface area (Å²) in [5.74, 6) is -0.555. The van der Waals surface area contributed by atoms with E-state index in [9.17, 15) is 9.90 Å². The van der Waals surface area contributed by atoms with Gasteiger partial charge in [-0.2, -0.15) is 0 Å². The molecule has 0 aromatic heterocycles. The second-order valence-corrected chi connectivity index (χ2v) is 7.54. The average Bonchev–Trinajstić information content (AvgIpc) is 3.05. The Hall–Kier alpha value is -1.78. The maximum absolute atomic E-state index is 11.7. The van der Waals surface area contributed by atoms with Crippen molar-refractivity contribution >= 4 is 39.2 Å². The monoisotopic (exact) mass is 403 g/mol. The molecule has 2 aromatic carbocycles. The van der Waals surface area contributed by atoms with Crippen molar-refractivity contribution in [1.29, 1.82) is 0 Å². The molecule has 0 radical (unpaired) electrons. The number of carbonyl (C=O) groups is 1. The highest BCUT2D eigenvalue weighted by molar-refractivity contribution is 9.10. The van der Waals surface area contributed by atoms with Crippen LogP contribution in [-0.4, -0.2) is 11.1 Å². The summed E-state index contributed by atoms with van der Waals surface area (Å²) in [5, 5.41) is 13.6. The second-order valence-electron chi connectivity index (χ2n) is 6.22. The highest BCUT2D eigenvalue weighted by atomic mass is 79.9. The van der Waals surface area contributed by atoms with E-state index in [0.717, 1.165) is 22.1 Å². The Balaban J connectivity index is 1.86. The zero-order valence-electron chi connectivity index (χ0n) is 12.7. The average molecular weight is 405 g/mol. The maximum Gasteiger partial charge on any atom is 0.336 e. The minimum Gasteiger partial charge on any atom is -0.478 e. The number of nitrogens with one attached hydrogen (secondary N) is 1. The molecular weight excluding hydrogens is 390 g/mol. The molecule has 0 fully saturated rings. The van der Waals surface area contributed by atoms with Gasteiger partial charge in [0.15, 0.2) is 0 Å². The van der Waals surface area contributed by atoms with E-state index in [1.807, 2.05) is 12.1 Å². The number of hydrogen-bond donors (Lipinski definition) is 2. The molecule has 3 atom stereocenters. The maximum atomic E-state index is 11.7. The number of halogens is 2. The van der Waals surface area contributed by atoms with Crippen molar-refractivity contribution in [3.63, 3.8) is 0 Å². The van der Waals surface area contributed by atoms with Crippen LogP contribution in [0.15, 0.2) is 53.0 Å². The number of allylic oxidation sites excluding steroid dienone is 2.